The second kappa shape index (κ2) is 9.72. The number of thiophene rings is 1. The van der Waals surface area contributed by atoms with Gasteiger partial charge in [-0.05, 0) is 64.4 Å². The van der Waals surface area contributed by atoms with Crippen LogP contribution in [0.1, 0.15) is 43.2 Å². The van der Waals surface area contributed by atoms with Crippen molar-refractivity contribution in [3.05, 3.63) is 132 Å². The van der Waals surface area contributed by atoms with Gasteiger partial charge >= 0.3 is 0 Å². The fourth-order valence-corrected chi connectivity index (χ4v) is 8.84. The smallest absolute Gasteiger partial charge is 0.160 e. The average Bonchev–Trinajstić information content (AvgIpc) is 3.58. The number of benzene rings is 5. The highest BCUT2D eigenvalue weighted by molar-refractivity contribution is 7.26. The van der Waals surface area contributed by atoms with E-state index in [9.17, 15) is 0 Å². The molecule has 0 aliphatic heterocycles. The van der Waals surface area contributed by atoms with E-state index in [2.05, 4.69) is 115 Å². The van der Waals surface area contributed by atoms with E-state index in [4.69, 9.17) is 9.97 Å². The Kier molecular flexibility index (Phi) is 5.64. The second-order valence-corrected chi connectivity index (χ2v) is 13.1. The minimum absolute atomic E-state index is 0.187. The zero-order valence-electron chi connectivity index (χ0n) is 23.9. The van der Waals surface area contributed by atoms with Crippen molar-refractivity contribution in [2.75, 3.05) is 0 Å². The molecule has 2 aromatic heterocycles. The van der Waals surface area contributed by atoms with Crippen LogP contribution in [0.3, 0.4) is 0 Å². The number of nitrogens with zero attached hydrogens (tertiary/aromatic N) is 2. The molecule has 206 valence electrons. The maximum absolute atomic E-state index is 5.22. The van der Waals surface area contributed by atoms with Crippen molar-refractivity contribution in [2.45, 2.75) is 37.5 Å². The van der Waals surface area contributed by atoms with Gasteiger partial charge in [0.15, 0.2) is 5.82 Å². The van der Waals surface area contributed by atoms with Crippen LogP contribution < -0.4 is 0 Å². The highest BCUT2D eigenvalue weighted by Gasteiger charge is 2.43. The minimum atomic E-state index is 0.187. The van der Waals surface area contributed by atoms with Gasteiger partial charge in [-0.15, -0.1) is 11.3 Å². The summed E-state index contributed by atoms with van der Waals surface area (Å²) < 4.78 is 2.38. The van der Waals surface area contributed by atoms with Crippen molar-refractivity contribution in [1.29, 1.82) is 0 Å². The Hall–Kier alpha value is -4.60. The van der Waals surface area contributed by atoms with E-state index in [0.717, 1.165) is 32.9 Å². The third-order valence-corrected chi connectivity index (χ3v) is 10.9. The number of aromatic nitrogens is 2. The second-order valence-electron chi connectivity index (χ2n) is 12.1. The van der Waals surface area contributed by atoms with Crippen LogP contribution >= 0.6 is 11.3 Å². The first-order valence-corrected chi connectivity index (χ1v) is 16.2. The van der Waals surface area contributed by atoms with Crippen molar-refractivity contribution >= 4 is 31.6 Å². The molecule has 2 nitrogen and oxygen atoms in total. The lowest BCUT2D eigenvalue weighted by molar-refractivity contribution is 0.353. The van der Waals surface area contributed by atoms with E-state index in [1.807, 2.05) is 6.07 Å². The van der Waals surface area contributed by atoms with Crippen molar-refractivity contribution in [3.8, 4) is 44.9 Å². The predicted molar refractivity (Wildman–Crippen MR) is 181 cm³/mol. The van der Waals surface area contributed by atoms with Crippen molar-refractivity contribution in [1.82, 2.24) is 9.97 Å². The van der Waals surface area contributed by atoms with Crippen LogP contribution in [0.25, 0.3) is 65.2 Å². The first kappa shape index (κ1) is 24.9. The van der Waals surface area contributed by atoms with Gasteiger partial charge in [0.05, 0.1) is 15.9 Å². The molecule has 5 aromatic carbocycles. The third kappa shape index (κ3) is 3.85. The van der Waals surface area contributed by atoms with Crippen LogP contribution in [0, 0.1) is 0 Å². The van der Waals surface area contributed by atoms with E-state index in [1.165, 1.54) is 75.6 Å². The van der Waals surface area contributed by atoms with E-state index in [1.54, 1.807) is 11.3 Å². The fourth-order valence-electron chi connectivity index (χ4n) is 7.69. The molecule has 1 saturated carbocycles. The summed E-state index contributed by atoms with van der Waals surface area (Å²) in [5.41, 5.74) is 12.8. The maximum Gasteiger partial charge on any atom is 0.160 e. The number of fused-ring (bicyclic) bond motifs is 8. The fraction of sp³-hybridized carbons (Fsp3) is 0.150. The zero-order valence-corrected chi connectivity index (χ0v) is 24.7. The van der Waals surface area contributed by atoms with E-state index >= 15 is 0 Å². The molecule has 2 aliphatic rings. The Morgan fingerprint density at radius 1 is 0.535 bits per heavy atom. The molecule has 7 aromatic rings. The van der Waals surface area contributed by atoms with Crippen LogP contribution in [-0.2, 0) is 5.41 Å². The Bertz CT molecular complexity index is 2170. The first-order valence-electron chi connectivity index (χ1n) is 15.4. The standard InChI is InChI=1S/C40H30N2S/c1-3-12-26(13-4-1)39-41-36(38-37(42-39)31-17-6-8-19-35(31)43-38)29-15-11-14-27(24-29)28-20-21-34-32(25-28)30-16-5-7-18-33(30)40(34)22-9-2-10-23-40/h1,3-8,11-21,24-25H,2,9-10,22-23H2. The molecule has 0 saturated heterocycles. The van der Waals surface area contributed by atoms with Gasteiger partial charge in [-0.25, -0.2) is 9.97 Å². The third-order valence-electron chi connectivity index (χ3n) is 9.70. The monoisotopic (exact) mass is 570 g/mol. The zero-order chi connectivity index (χ0) is 28.4. The Labute approximate surface area is 255 Å². The van der Waals surface area contributed by atoms with Gasteiger partial charge in [0.2, 0.25) is 0 Å². The van der Waals surface area contributed by atoms with Crippen molar-refractivity contribution < 1.29 is 0 Å². The average molecular weight is 571 g/mol. The van der Waals surface area contributed by atoms with Gasteiger partial charge in [-0.2, -0.15) is 0 Å². The van der Waals surface area contributed by atoms with Crippen molar-refractivity contribution in [3.63, 3.8) is 0 Å². The van der Waals surface area contributed by atoms with Crippen LogP contribution in [0.15, 0.2) is 121 Å². The van der Waals surface area contributed by atoms with Gasteiger partial charge in [-0.3, -0.25) is 0 Å². The topological polar surface area (TPSA) is 25.8 Å². The summed E-state index contributed by atoms with van der Waals surface area (Å²) >= 11 is 1.78. The molecule has 0 unspecified atom stereocenters. The summed E-state index contributed by atoms with van der Waals surface area (Å²) in [5.74, 6) is 0.768. The normalized spacial score (nSPS) is 15.2. The maximum atomic E-state index is 5.22. The molecule has 2 aliphatic carbocycles. The minimum Gasteiger partial charge on any atom is -0.226 e. The van der Waals surface area contributed by atoms with Gasteiger partial charge < -0.3 is 0 Å². The molecular formula is C40H30N2S. The van der Waals surface area contributed by atoms with E-state index in [-0.39, 0.29) is 5.41 Å². The highest BCUT2D eigenvalue weighted by atomic mass is 32.1. The number of hydrogen-bond donors (Lipinski definition) is 0. The van der Waals surface area contributed by atoms with Gasteiger partial charge in [-0.1, -0.05) is 122 Å². The molecule has 3 heteroatoms. The summed E-state index contributed by atoms with van der Waals surface area (Å²) in [6.45, 7) is 0. The van der Waals surface area contributed by atoms with Crippen LogP contribution in [0.5, 0.6) is 0 Å². The largest absolute Gasteiger partial charge is 0.226 e. The lowest BCUT2D eigenvalue weighted by Crippen LogP contribution is -2.27. The molecule has 0 amide bonds. The number of rotatable bonds is 3. The van der Waals surface area contributed by atoms with Crippen LogP contribution in [0.2, 0.25) is 0 Å². The first-order chi connectivity index (χ1) is 21.3. The molecule has 0 N–H and O–H groups in total. The summed E-state index contributed by atoms with van der Waals surface area (Å²) in [7, 11) is 0. The van der Waals surface area contributed by atoms with Gasteiger partial charge in [0.1, 0.15) is 0 Å². The molecule has 0 bridgehead atoms. The molecule has 9 rings (SSSR count). The van der Waals surface area contributed by atoms with E-state index in [0.29, 0.717) is 0 Å². The van der Waals surface area contributed by atoms with E-state index < -0.39 is 0 Å². The molecule has 43 heavy (non-hydrogen) atoms. The summed E-state index contributed by atoms with van der Waals surface area (Å²) in [6, 6.07) is 44.2. The molecular weight excluding hydrogens is 541 g/mol. The lowest BCUT2D eigenvalue weighted by Gasteiger charge is -2.36. The SMILES string of the molecule is c1ccc(-c2nc(-c3cccc(-c4ccc5c(c4)-c4ccccc4C54CCCCC4)c3)c3sc4ccccc4c3n2)cc1. The van der Waals surface area contributed by atoms with Crippen LogP contribution in [-0.4, -0.2) is 9.97 Å². The van der Waals surface area contributed by atoms with Crippen molar-refractivity contribution in [2.24, 2.45) is 0 Å². The number of hydrogen-bond acceptors (Lipinski definition) is 3. The molecule has 1 fully saturated rings. The lowest BCUT2D eigenvalue weighted by atomic mass is 9.68. The van der Waals surface area contributed by atoms with Crippen LogP contribution in [0.4, 0.5) is 0 Å². The summed E-state index contributed by atoms with van der Waals surface area (Å²) in [5, 5.41) is 1.19. The van der Waals surface area contributed by atoms with Gasteiger partial charge in [0, 0.05) is 26.6 Å². The molecule has 0 atom stereocenters. The summed E-state index contributed by atoms with van der Waals surface area (Å²) in [6.07, 6.45) is 6.50. The Balaban J connectivity index is 1.21. The Morgan fingerprint density at radius 2 is 1.26 bits per heavy atom. The predicted octanol–water partition coefficient (Wildman–Crippen LogP) is 11.1. The summed E-state index contributed by atoms with van der Waals surface area (Å²) in [4.78, 5) is 10.3. The quantitative estimate of drug-likeness (QED) is 0.211. The van der Waals surface area contributed by atoms with Gasteiger partial charge in [0.25, 0.3) is 0 Å². The molecule has 0 radical (unpaired) electrons. The molecule has 2 heterocycles. The Morgan fingerprint density at radius 3 is 2.16 bits per heavy atom. The molecule has 1 spiro atoms. The highest BCUT2D eigenvalue weighted by Crippen LogP contribution is 2.56.